The lowest BCUT2D eigenvalue weighted by molar-refractivity contribution is -0.122. The zero-order valence-corrected chi connectivity index (χ0v) is 35.0. The van der Waals surface area contributed by atoms with Crippen molar-refractivity contribution in [1.29, 1.82) is 0 Å². The predicted molar refractivity (Wildman–Crippen MR) is 228 cm³/mol. The second-order valence-electron chi connectivity index (χ2n) is 16.2. The third-order valence-electron chi connectivity index (χ3n) is 11.0. The van der Waals surface area contributed by atoms with Crippen LogP contribution in [0.25, 0.3) is 0 Å². The molecule has 1 aromatic rings. The van der Waals surface area contributed by atoms with Gasteiger partial charge in [0.2, 0.25) is 11.8 Å². The topological polar surface area (TPSA) is 58.2 Å². The van der Waals surface area contributed by atoms with E-state index < -0.39 is 0 Å². The van der Waals surface area contributed by atoms with E-state index in [9.17, 15) is 9.59 Å². The minimum Gasteiger partial charge on any atom is -0.352 e. The van der Waals surface area contributed by atoms with Crippen molar-refractivity contribution >= 4 is 11.8 Å². The summed E-state index contributed by atoms with van der Waals surface area (Å²) in [4.78, 5) is 24.6. The number of hydrogen-bond donors (Lipinski definition) is 2. The molecule has 2 amide bonds. The fraction of sp³-hybridized carbons (Fsp3) is 0.833. The molecular formula is C48H88N2O2. The molecule has 0 unspecified atom stereocenters. The summed E-state index contributed by atoms with van der Waals surface area (Å²) >= 11 is 0. The number of rotatable bonds is 40. The van der Waals surface area contributed by atoms with Gasteiger partial charge in [0.15, 0.2) is 0 Å². The van der Waals surface area contributed by atoms with Gasteiger partial charge in [0.25, 0.3) is 0 Å². The number of hydrogen-bond acceptors (Lipinski definition) is 2. The zero-order chi connectivity index (χ0) is 37.4. The quantitative estimate of drug-likeness (QED) is 0.0662. The summed E-state index contributed by atoms with van der Waals surface area (Å²) in [5.41, 5.74) is 2.21. The van der Waals surface area contributed by atoms with E-state index in [0.717, 1.165) is 36.8 Å². The summed E-state index contributed by atoms with van der Waals surface area (Å²) in [5.74, 6) is 0.309. The minimum atomic E-state index is 0.154. The molecule has 0 radical (unpaired) electrons. The maximum absolute atomic E-state index is 12.3. The third-order valence-corrected chi connectivity index (χ3v) is 11.0. The Kier molecular flexibility index (Phi) is 36.0. The van der Waals surface area contributed by atoms with E-state index >= 15 is 0 Å². The van der Waals surface area contributed by atoms with Crippen molar-refractivity contribution < 1.29 is 9.59 Å². The first kappa shape index (κ1) is 48.2. The molecule has 1 rings (SSSR count). The van der Waals surface area contributed by atoms with Gasteiger partial charge < -0.3 is 10.6 Å². The van der Waals surface area contributed by atoms with Crippen molar-refractivity contribution in [3.05, 3.63) is 35.4 Å². The number of carbonyl (C=O) groups is 2. The Bertz CT molecular complexity index is 825. The summed E-state index contributed by atoms with van der Waals surface area (Å²) in [6, 6.07) is 8.25. The highest BCUT2D eigenvalue weighted by atomic mass is 16.2. The molecule has 0 bridgehead atoms. The van der Waals surface area contributed by atoms with Crippen LogP contribution in [-0.4, -0.2) is 11.8 Å². The van der Waals surface area contributed by atoms with E-state index in [-0.39, 0.29) is 11.8 Å². The monoisotopic (exact) mass is 725 g/mol. The number of nitrogens with one attached hydrogen (secondary N) is 2. The first-order valence-electron chi connectivity index (χ1n) is 23.3. The highest BCUT2D eigenvalue weighted by Crippen LogP contribution is 2.16. The van der Waals surface area contributed by atoms with Crippen molar-refractivity contribution in [1.82, 2.24) is 10.6 Å². The van der Waals surface area contributed by atoms with Crippen molar-refractivity contribution in [2.45, 2.75) is 258 Å². The molecule has 4 heteroatoms. The van der Waals surface area contributed by atoms with Gasteiger partial charge in [-0.05, 0) is 24.0 Å². The van der Waals surface area contributed by atoms with E-state index in [4.69, 9.17) is 0 Å². The minimum absolute atomic E-state index is 0.154. The molecule has 0 aliphatic carbocycles. The first-order valence-corrected chi connectivity index (χ1v) is 23.3. The maximum atomic E-state index is 12.3. The Morgan fingerprint density at radius 1 is 0.327 bits per heavy atom. The molecule has 0 saturated carbocycles. The van der Waals surface area contributed by atoms with Gasteiger partial charge in [0.05, 0.1) is 0 Å². The van der Waals surface area contributed by atoms with Gasteiger partial charge in [-0.2, -0.15) is 0 Å². The molecule has 2 N–H and O–H groups in total. The molecule has 0 aliphatic rings. The molecule has 0 fully saturated rings. The summed E-state index contributed by atoms with van der Waals surface area (Å²) in [6.45, 7) is 5.72. The van der Waals surface area contributed by atoms with E-state index in [1.165, 1.54) is 193 Å². The van der Waals surface area contributed by atoms with E-state index in [2.05, 4.69) is 48.7 Å². The molecule has 0 atom stereocenters. The molecule has 0 heterocycles. The lowest BCUT2D eigenvalue weighted by Crippen LogP contribution is -2.23. The third kappa shape index (κ3) is 34.0. The standard InChI is InChI=1S/C48H88N2O2/c1-3-5-7-9-11-13-15-17-19-21-23-25-27-29-31-33-35-37-47(51)49-43-45-39-41-46(42-40-45)44-50-48(52)38-36-34-32-30-28-26-24-22-20-18-16-14-12-10-8-6-4-2/h39-42H,3-38,43-44H2,1-2H3,(H,49,51)(H,50,52). The van der Waals surface area contributed by atoms with Gasteiger partial charge in [-0.1, -0.05) is 244 Å². The molecule has 302 valence electrons. The Labute approximate surface area is 324 Å². The fourth-order valence-corrected chi connectivity index (χ4v) is 7.37. The summed E-state index contributed by atoms with van der Waals surface area (Å²) < 4.78 is 0. The highest BCUT2D eigenvalue weighted by molar-refractivity contribution is 5.76. The lowest BCUT2D eigenvalue weighted by atomic mass is 10.0. The van der Waals surface area contributed by atoms with Crippen molar-refractivity contribution in [2.75, 3.05) is 0 Å². The second-order valence-corrected chi connectivity index (χ2v) is 16.2. The van der Waals surface area contributed by atoms with Crippen LogP contribution in [0.15, 0.2) is 24.3 Å². The number of unbranched alkanes of at least 4 members (excludes halogenated alkanes) is 32. The summed E-state index contributed by atoms with van der Waals surface area (Å²) in [5, 5.41) is 6.16. The van der Waals surface area contributed by atoms with Crippen LogP contribution < -0.4 is 10.6 Å². The van der Waals surface area contributed by atoms with Crippen LogP contribution >= 0.6 is 0 Å². The summed E-state index contributed by atoms with van der Waals surface area (Å²) in [7, 11) is 0. The van der Waals surface area contributed by atoms with E-state index in [1.54, 1.807) is 0 Å². The van der Waals surface area contributed by atoms with Crippen LogP contribution in [0.4, 0.5) is 0 Å². The second kappa shape index (κ2) is 38.9. The average molecular weight is 725 g/mol. The molecule has 0 saturated heterocycles. The molecule has 4 nitrogen and oxygen atoms in total. The van der Waals surface area contributed by atoms with E-state index in [1.807, 2.05) is 0 Å². The van der Waals surface area contributed by atoms with Crippen LogP contribution in [0, 0.1) is 0 Å². The number of amides is 2. The normalized spacial score (nSPS) is 11.3. The Balaban J connectivity index is 1.87. The van der Waals surface area contributed by atoms with Gasteiger partial charge in [0, 0.05) is 25.9 Å². The average Bonchev–Trinajstić information content (AvgIpc) is 3.16. The Hall–Kier alpha value is -1.84. The van der Waals surface area contributed by atoms with Gasteiger partial charge in [-0.25, -0.2) is 0 Å². The SMILES string of the molecule is CCCCCCCCCCCCCCCCCCCC(=O)NCc1ccc(CNC(=O)CCCCCCCCCCCCCCCCCCC)cc1. The lowest BCUT2D eigenvalue weighted by Gasteiger charge is -2.08. The molecule has 0 aromatic heterocycles. The van der Waals surface area contributed by atoms with Crippen LogP contribution in [0.1, 0.15) is 256 Å². The number of carbonyl (C=O) groups excluding carboxylic acids is 2. The fourth-order valence-electron chi connectivity index (χ4n) is 7.37. The Morgan fingerprint density at radius 3 is 0.731 bits per heavy atom. The van der Waals surface area contributed by atoms with Crippen LogP contribution in [0.5, 0.6) is 0 Å². The van der Waals surface area contributed by atoms with Crippen LogP contribution in [-0.2, 0) is 22.7 Å². The molecule has 0 aliphatic heterocycles. The predicted octanol–water partition coefficient (Wildman–Crippen LogP) is 15.0. The first-order chi connectivity index (χ1) is 25.7. The van der Waals surface area contributed by atoms with Gasteiger partial charge in [0.1, 0.15) is 0 Å². The number of benzene rings is 1. The molecule has 1 aromatic carbocycles. The van der Waals surface area contributed by atoms with Crippen molar-refractivity contribution in [3.63, 3.8) is 0 Å². The van der Waals surface area contributed by atoms with Gasteiger partial charge in [-0.3, -0.25) is 9.59 Å². The maximum Gasteiger partial charge on any atom is 0.220 e. The largest absolute Gasteiger partial charge is 0.352 e. The molecule has 52 heavy (non-hydrogen) atoms. The zero-order valence-electron chi connectivity index (χ0n) is 35.0. The van der Waals surface area contributed by atoms with Crippen LogP contribution in [0.3, 0.4) is 0 Å². The van der Waals surface area contributed by atoms with Gasteiger partial charge >= 0.3 is 0 Å². The smallest absolute Gasteiger partial charge is 0.220 e. The summed E-state index contributed by atoms with van der Waals surface area (Å²) in [6.07, 6.45) is 47.4. The van der Waals surface area contributed by atoms with E-state index in [0.29, 0.717) is 25.9 Å². The highest BCUT2D eigenvalue weighted by Gasteiger charge is 2.04. The van der Waals surface area contributed by atoms with Crippen molar-refractivity contribution in [2.24, 2.45) is 0 Å². The molecule has 0 spiro atoms. The van der Waals surface area contributed by atoms with Crippen LogP contribution in [0.2, 0.25) is 0 Å². The molecular weight excluding hydrogens is 637 g/mol. The van der Waals surface area contributed by atoms with Crippen molar-refractivity contribution in [3.8, 4) is 0 Å². The van der Waals surface area contributed by atoms with Gasteiger partial charge in [-0.15, -0.1) is 0 Å². The Morgan fingerprint density at radius 2 is 0.519 bits per heavy atom.